The minimum absolute atomic E-state index is 0.0349. The van der Waals surface area contributed by atoms with E-state index in [0.717, 1.165) is 0 Å². The third kappa shape index (κ3) is 7.35. The molecule has 0 aliphatic rings. The molecule has 0 aliphatic heterocycles. The van der Waals surface area contributed by atoms with E-state index < -0.39 is 40.2 Å². The summed E-state index contributed by atoms with van der Waals surface area (Å²) in [6, 6.07) is 63.6. The van der Waals surface area contributed by atoms with Crippen LogP contribution in [-0.2, 0) is 0 Å². The SMILES string of the molecule is N#Cc1ccccc1-c1ccc2c3ccc(-c4ccccc4C#N)cc3n(-c3cc(-c4c(F)c(F)c(F)c(F)c4F)cc(-n4c5cc(-c6ccccc6C#N)ccc5c5ccc(-c6ccccc6C#N)cc54)c3C#N)c2c1. The van der Waals surface area contributed by atoms with Gasteiger partial charge in [-0.25, -0.2) is 22.0 Å². The van der Waals surface area contributed by atoms with Crippen LogP contribution in [0.2, 0.25) is 0 Å². The monoisotopic (exact) mass is 1000 g/mol. The van der Waals surface area contributed by atoms with Gasteiger partial charge in [0, 0.05) is 21.5 Å². The summed E-state index contributed by atoms with van der Waals surface area (Å²) >= 11 is 0. The highest BCUT2D eigenvalue weighted by molar-refractivity contribution is 6.13. The summed E-state index contributed by atoms with van der Waals surface area (Å²) in [5.74, 6) is -10.9. The number of rotatable bonds is 7. The lowest BCUT2D eigenvalue weighted by molar-refractivity contribution is 0.381. The second-order valence-corrected chi connectivity index (χ2v) is 18.2. The molecule has 0 saturated carbocycles. The van der Waals surface area contributed by atoms with Crippen molar-refractivity contribution < 1.29 is 22.0 Å². The van der Waals surface area contributed by atoms with Crippen LogP contribution in [0.25, 0.3) is 111 Å². The third-order valence-electron chi connectivity index (χ3n) is 14.2. The van der Waals surface area contributed by atoms with Crippen molar-refractivity contribution in [2.24, 2.45) is 0 Å². The number of hydrogen-bond donors (Lipinski definition) is 0. The maximum atomic E-state index is 16.6. The normalized spacial score (nSPS) is 11.1. The number of benzene rings is 10. The number of fused-ring (bicyclic) bond motifs is 6. The van der Waals surface area contributed by atoms with Gasteiger partial charge in [-0.15, -0.1) is 0 Å². The van der Waals surface area contributed by atoms with Crippen molar-refractivity contribution >= 4 is 43.6 Å². The first-order chi connectivity index (χ1) is 37.6. The zero-order valence-electron chi connectivity index (χ0n) is 39.8. The van der Waals surface area contributed by atoms with Gasteiger partial charge in [-0.1, -0.05) is 121 Å². The molecule has 0 fully saturated rings. The quantitative estimate of drug-likeness (QED) is 0.0892. The fourth-order valence-electron chi connectivity index (χ4n) is 10.6. The predicted octanol–water partition coefficient (Wildman–Crippen LogP) is 16.3. The number of nitrogens with zero attached hydrogens (tertiary/aromatic N) is 7. The van der Waals surface area contributed by atoms with Crippen LogP contribution in [0, 0.1) is 85.7 Å². The summed E-state index contributed by atoms with van der Waals surface area (Å²) < 4.78 is 82.7. The van der Waals surface area contributed by atoms with Crippen LogP contribution >= 0.6 is 0 Å². The molecule has 7 nitrogen and oxygen atoms in total. The smallest absolute Gasteiger partial charge is 0.200 e. The summed E-state index contributed by atoms with van der Waals surface area (Å²) in [7, 11) is 0. The molecule has 12 heteroatoms. The number of aromatic nitrogens is 2. The molecule has 0 atom stereocenters. The molecule has 0 aliphatic carbocycles. The molecule has 0 N–H and O–H groups in total. The molecule has 12 aromatic rings. The average molecular weight is 1000 g/mol. The van der Waals surface area contributed by atoms with Crippen LogP contribution in [0.5, 0.6) is 0 Å². The topological polar surface area (TPSA) is 129 Å². The average Bonchev–Trinajstić information content (AvgIpc) is 4.19. The number of nitriles is 5. The molecule has 0 spiro atoms. The van der Waals surface area contributed by atoms with Gasteiger partial charge in [0.1, 0.15) is 11.6 Å². The van der Waals surface area contributed by atoms with Crippen molar-refractivity contribution in [1.82, 2.24) is 9.13 Å². The fourth-order valence-corrected chi connectivity index (χ4v) is 10.6. The van der Waals surface area contributed by atoms with Crippen LogP contribution in [0.15, 0.2) is 182 Å². The van der Waals surface area contributed by atoms with Gasteiger partial charge in [0.05, 0.1) is 85.5 Å². The summed E-state index contributed by atoms with van der Waals surface area (Å²) in [5, 5.41) is 55.3. The zero-order valence-corrected chi connectivity index (χ0v) is 39.8. The number of hydrogen-bond acceptors (Lipinski definition) is 5. The lowest BCUT2D eigenvalue weighted by atomic mass is 9.97. The number of halogens is 5. The lowest BCUT2D eigenvalue weighted by Gasteiger charge is -2.20. The van der Waals surface area contributed by atoms with Crippen LogP contribution in [0.1, 0.15) is 27.8 Å². The second kappa shape index (κ2) is 18.4. The molecule has 0 radical (unpaired) electrons. The Labute approximate surface area is 435 Å². The van der Waals surface area contributed by atoms with Crippen molar-refractivity contribution in [2.45, 2.75) is 0 Å². The summed E-state index contributed by atoms with van der Waals surface area (Å²) in [4.78, 5) is 0. The van der Waals surface area contributed by atoms with E-state index in [1.807, 2.05) is 48.5 Å². The molecule has 12 rings (SSSR count). The highest BCUT2D eigenvalue weighted by Gasteiger charge is 2.30. The van der Waals surface area contributed by atoms with Crippen molar-refractivity contribution in [3.63, 3.8) is 0 Å². The van der Waals surface area contributed by atoms with Crippen molar-refractivity contribution in [2.75, 3.05) is 0 Å². The summed E-state index contributed by atoms with van der Waals surface area (Å²) in [6.07, 6.45) is 0. The van der Waals surface area contributed by atoms with E-state index in [2.05, 4.69) is 30.3 Å². The van der Waals surface area contributed by atoms with Crippen molar-refractivity contribution in [3.05, 3.63) is 239 Å². The Hall–Kier alpha value is -11.1. The van der Waals surface area contributed by atoms with Gasteiger partial charge in [-0.3, -0.25) is 0 Å². The van der Waals surface area contributed by atoms with Gasteiger partial charge in [-0.2, -0.15) is 26.3 Å². The van der Waals surface area contributed by atoms with E-state index in [1.54, 1.807) is 130 Å². The minimum atomic E-state index is -2.35. The van der Waals surface area contributed by atoms with Gasteiger partial charge in [-0.05, 0) is 111 Å². The van der Waals surface area contributed by atoms with Gasteiger partial charge in [0.15, 0.2) is 23.3 Å². The molecule has 0 unspecified atom stereocenters. The second-order valence-electron chi connectivity index (χ2n) is 18.2. The van der Waals surface area contributed by atoms with E-state index >= 15 is 17.6 Å². The Balaban J connectivity index is 1.28. The van der Waals surface area contributed by atoms with Crippen molar-refractivity contribution in [1.29, 1.82) is 26.3 Å². The van der Waals surface area contributed by atoms with Crippen LogP contribution in [0.4, 0.5) is 22.0 Å². The first-order valence-corrected chi connectivity index (χ1v) is 23.8. The van der Waals surface area contributed by atoms with E-state index in [4.69, 9.17) is 0 Å². The highest BCUT2D eigenvalue weighted by atomic mass is 19.2. The van der Waals surface area contributed by atoms with Crippen LogP contribution in [-0.4, -0.2) is 9.13 Å². The largest absolute Gasteiger partial charge is 0.308 e. The Kier molecular flexibility index (Phi) is 11.2. The van der Waals surface area contributed by atoms with Crippen LogP contribution < -0.4 is 0 Å². The molecular weight excluding hydrogens is 974 g/mol. The van der Waals surface area contributed by atoms with Gasteiger partial charge in [0.2, 0.25) is 5.82 Å². The minimum Gasteiger partial charge on any atom is -0.308 e. The predicted molar refractivity (Wildman–Crippen MR) is 286 cm³/mol. The van der Waals surface area contributed by atoms with E-state index in [9.17, 15) is 30.7 Å². The molecule has 0 saturated heterocycles. The van der Waals surface area contributed by atoms with Crippen LogP contribution in [0.3, 0.4) is 0 Å². The zero-order chi connectivity index (χ0) is 53.2. The third-order valence-corrected chi connectivity index (χ3v) is 14.2. The van der Waals surface area contributed by atoms with Gasteiger partial charge >= 0.3 is 0 Å². The van der Waals surface area contributed by atoms with Gasteiger partial charge < -0.3 is 9.13 Å². The lowest BCUT2D eigenvalue weighted by Crippen LogP contribution is -2.08. The van der Waals surface area contributed by atoms with E-state index in [1.165, 1.54) is 12.1 Å². The Morgan fingerprint density at radius 1 is 0.286 bits per heavy atom. The highest BCUT2D eigenvalue weighted by Crippen LogP contribution is 2.45. The Morgan fingerprint density at radius 3 is 0.831 bits per heavy atom. The Morgan fingerprint density at radius 2 is 0.558 bits per heavy atom. The van der Waals surface area contributed by atoms with E-state index in [0.29, 0.717) is 110 Å². The molecule has 0 bridgehead atoms. The first-order valence-electron chi connectivity index (χ1n) is 23.8. The molecular formula is C65H30F5N7. The maximum Gasteiger partial charge on any atom is 0.200 e. The van der Waals surface area contributed by atoms with Gasteiger partial charge in [0.25, 0.3) is 0 Å². The summed E-state index contributed by atoms with van der Waals surface area (Å²) in [5.41, 5.74) is 5.87. The molecule has 0 amide bonds. The molecule has 77 heavy (non-hydrogen) atoms. The standard InChI is InChI=1S/C65H30F5N7/c66-61-60(62(67)64(69)65(70)63(61)68)44-29-58(76-54-25-36(45-13-5-1-9-40(45)31-71)17-21-49(54)50-22-18-37(26-55(50)76)46-14-6-2-10-41(46)32-72)53(35-75)59(30-44)77-56-27-38(47-15-7-3-11-42(47)33-73)19-23-51(56)52-24-20-39(28-57(52)77)48-16-8-4-12-43(48)34-74/h1-30H. The van der Waals surface area contributed by atoms with E-state index in [-0.39, 0.29) is 16.9 Å². The fraction of sp³-hybridized carbons (Fsp3) is 0. The summed E-state index contributed by atoms with van der Waals surface area (Å²) in [6.45, 7) is 0. The maximum absolute atomic E-state index is 16.6. The molecule has 2 aromatic heterocycles. The molecule has 10 aromatic carbocycles. The Bertz CT molecular complexity index is 4260. The molecule has 360 valence electrons. The first kappa shape index (κ1) is 46.9. The molecule has 2 heterocycles. The van der Waals surface area contributed by atoms with Crippen molar-refractivity contribution in [3.8, 4) is 97.4 Å².